The summed E-state index contributed by atoms with van der Waals surface area (Å²) in [6, 6.07) is 0. The van der Waals surface area contributed by atoms with E-state index in [1.54, 1.807) is 19.4 Å². The molecule has 6 nitrogen and oxygen atoms in total. The van der Waals surface area contributed by atoms with Crippen molar-refractivity contribution in [3.8, 4) is 0 Å². The van der Waals surface area contributed by atoms with Crippen LogP contribution >= 0.6 is 0 Å². The van der Waals surface area contributed by atoms with Gasteiger partial charge in [0.1, 0.15) is 11.8 Å². The van der Waals surface area contributed by atoms with Gasteiger partial charge in [-0.1, -0.05) is 0 Å². The first-order valence-electron chi connectivity index (χ1n) is 5.57. The number of hydrogen-bond acceptors (Lipinski definition) is 5. The van der Waals surface area contributed by atoms with Gasteiger partial charge >= 0.3 is 5.97 Å². The van der Waals surface area contributed by atoms with Gasteiger partial charge < -0.3 is 9.30 Å². The van der Waals surface area contributed by atoms with Gasteiger partial charge in [0, 0.05) is 13.0 Å². The van der Waals surface area contributed by atoms with Crippen LogP contribution in [0, 0.1) is 0 Å². The lowest BCUT2D eigenvalue weighted by Gasteiger charge is -2.03. The van der Waals surface area contributed by atoms with Crippen molar-refractivity contribution in [1.82, 2.24) is 19.5 Å². The van der Waals surface area contributed by atoms with Crippen molar-refractivity contribution in [2.24, 2.45) is 0 Å². The molecule has 0 bridgehead atoms. The summed E-state index contributed by atoms with van der Waals surface area (Å²) >= 11 is 0. The molecule has 0 aliphatic carbocycles. The Balaban J connectivity index is 1.93. The summed E-state index contributed by atoms with van der Waals surface area (Å²) in [5, 5.41) is 0. The molecule has 6 heteroatoms. The first kappa shape index (κ1) is 11.5. The van der Waals surface area contributed by atoms with Crippen molar-refractivity contribution in [1.29, 1.82) is 0 Å². The lowest BCUT2D eigenvalue weighted by atomic mass is 10.3. The number of fused-ring (bicyclic) bond motifs is 1. The Hall–Kier alpha value is -1.98. The predicted octanol–water partition coefficient (Wildman–Crippen LogP) is 1.17. The number of ether oxygens (including phenoxy) is 1. The molecule has 90 valence electrons. The lowest BCUT2D eigenvalue weighted by Crippen LogP contribution is -2.06. The minimum atomic E-state index is -0.159. The normalized spacial score (nSPS) is 10.6. The van der Waals surface area contributed by atoms with E-state index in [-0.39, 0.29) is 5.97 Å². The van der Waals surface area contributed by atoms with E-state index >= 15 is 0 Å². The second kappa shape index (κ2) is 5.38. The number of carbonyl (C=O) groups excluding carboxylic acids is 1. The Morgan fingerprint density at radius 1 is 1.47 bits per heavy atom. The molecular weight excluding hydrogens is 220 g/mol. The van der Waals surface area contributed by atoms with E-state index in [0.29, 0.717) is 25.2 Å². The molecule has 0 amide bonds. The van der Waals surface area contributed by atoms with E-state index in [0.717, 1.165) is 11.9 Å². The van der Waals surface area contributed by atoms with Crippen LogP contribution in [0.3, 0.4) is 0 Å². The van der Waals surface area contributed by atoms with Gasteiger partial charge in [-0.15, -0.1) is 0 Å². The van der Waals surface area contributed by atoms with Crippen LogP contribution in [0.5, 0.6) is 0 Å². The minimum absolute atomic E-state index is 0.159. The highest BCUT2D eigenvalue weighted by Gasteiger charge is 2.05. The summed E-state index contributed by atoms with van der Waals surface area (Å²) in [5.41, 5.74) is 1.56. The van der Waals surface area contributed by atoms with Crippen LogP contribution in [0.4, 0.5) is 0 Å². The second-order valence-corrected chi connectivity index (χ2v) is 3.58. The number of carbonyl (C=O) groups is 1. The van der Waals surface area contributed by atoms with Gasteiger partial charge in [-0.05, 0) is 13.3 Å². The van der Waals surface area contributed by atoms with Gasteiger partial charge in [0.25, 0.3) is 0 Å². The highest BCUT2D eigenvalue weighted by atomic mass is 16.5. The maximum absolute atomic E-state index is 11.2. The average molecular weight is 234 g/mol. The van der Waals surface area contributed by atoms with Crippen LogP contribution in [-0.2, 0) is 16.1 Å². The molecule has 0 spiro atoms. The maximum atomic E-state index is 11.2. The Labute approximate surface area is 98.7 Å². The zero-order valence-electron chi connectivity index (χ0n) is 9.67. The fraction of sp³-hybridized carbons (Fsp3) is 0.455. The quantitative estimate of drug-likeness (QED) is 0.726. The first-order valence-corrected chi connectivity index (χ1v) is 5.57. The van der Waals surface area contributed by atoms with Crippen LogP contribution in [0.1, 0.15) is 19.8 Å². The first-order chi connectivity index (χ1) is 8.31. The Morgan fingerprint density at radius 2 is 2.35 bits per heavy atom. The molecule has 17 heavy (non-hydrogen) atoms. The molecule has 0 fully saturated rings. The SMILES string of the molecule is CCOC(=O)CCCn1cnc2ncncc21. The van der Waals surface area contributed by atoms with Crippen LogP contribution in [0.2, 0.25) is 0 Å². The predicted molar refractivity (Wildman–Crippen MR) is 61.2 cm³/mol. The van der Waals surface area contributed by atoms with Gasteiger partial charge in [0.15, 0.2) is 5.65 Å². The topological polar surface area (TPSA) is 69.9 Å². The van der Waals surface area contributed by atoms with Crippen molar-refractivity contribution in [3.63, 3.8) is 0 Å². The molecule has 2 rings (SSSR count). The van der Waals surface area contributed by atoms with Crippen molar-refractivity contribution >= 4 is 17.1 Å². The highest BCUT2D eigenvalue weighted by Crippen LogP contribution is 2.09. The summed E-state index contributed by atoms with van der Waals surface area (Å²) in [6.45, 7) is 2.95. The van der Waals surface area contributed by atoms with Crippen LogP contribution in [0.25, 0.3) is 11.2 Å². The monoisotopic (exact) mass is 234 g/mol. The second-order valence-electron chi connectivity index (χ2n) is 3.58. The molecule has 0 unspecified atom stereocenters. The molecule has 0 atom stereocenters. The van der Waals surface area contributed by atoms with E-state index in [1.165, 1.54) is 6.33 Å². The van der Waals surface area contributed by atoms with Crippen LogP contribution in [-0.4, -0.2) is 32.1 Å². The summed E-state index contributed by atoms with van der Waals surface area (Å²) in [5.74, 6) is -0.159. The zero-order valence-corrected chi connectivity index (χ0v) is 9.67. The Kier molecular flexibility index (Phi) is 3.64. The summed E-state index contributed by atoms with van der Waals surface area (Å²) in [7, 11) is 0. The van der Waals surface area contributed by atoms with E-state index in [9.17, 15) is 4.79 Å². The molecule has 0 saturated heterocycles. The molecule has 2 aromatic heterocycles. The van der Waals surface area contributed by atoms with E-state index < -0.39 is 0 Å². The lowest BCUT2D eigenvalue weighted by molar-refractivity contribution is -0.143. The molecule has 0 aliphatic heterocycles. The molecule has 0 radical (unpaired) electrons. The van der Waals surface area contributed by atoms with Gasteiger partial charge in [-0.25, -0.2) is 15.0 Å². The summed E-state index contributed by atoms with van der Waals surface area (Å²) in [4.78, 5) is 23.3. The third kappa shape index (κ3) is 2.77. The molecule has 0 aromatic carbocycles. The summed E-state index contributed by atoms with van der Waals surface area (Å²) in [6.07, 6.45) is 6.04. The number of esters is 1. The van der Waals surface area contributed by atoms with Crippen LogP contribution in [0.15, 0.2) is 18.9 Å². The van der Waals surface area contributed by atoms with E-state index in [2.05, 4.69) is 15.0 Å². The number of imidazole rings is 1. The number of aryl methyl sites for hydroxylation is 1. The summed E-state index contributed by atoms with van der Waals surface area (Å²) < 4.78 is 6.80. The minimum Gasteiger partial charge on any atom is -0.466 e. The van der Waals surface area contributed by atoms with Crippen molar-refractivity contribution < 1.29 is 9.53 Å². The fourth-order valence-corrected chi connectivity index (χ4v) is 1.61. The van der Waals surface area contributed by atoms with Crippen molar-refractivity contribution in [2.45, 2.75) is 26.3 Å². The standard InChI is InChI=1S/C11H14N4O2/c1-2-17-10(16)4-3-5-15-8-14-11-9(15)6-12-7-13-11/h6-8H,2-5H2,1H3. The zero-order chi connectivity index (χ0) is 12.1. The van der Waals surface area contributed by atoms with Gasteiger partial charge in [0.2, 0.25) is 0 Å². The van der Waals surface area contributed by atoms with Crippen molar-refractivity contribution in [2.75, 3.05) is 6.61 Å². The third-order valence-corrected chi connectivity index (χ3v) is 2.39. The Bertz CT molecular complexity index is 509. The van der Waals surface area contributed by atoms with Gasteiger partial charge in [-0.3, -0.25) is 4.79 Å². The van der Waals surface area contributed by atoms with Gasteiger partial charge in [-0.2, -0.15) is 0 Å². The van der Waals surface area contributed by atoms with E-state index in [4.69, 9.17) is 4.74 Å². The number of aromatic nitrogens is 4. The smallest absolute Gasteiger partial charge is 0.305 e. The average Bonchev–Trinajstić information content (AvgIpc) is 2.73. The van der Waals surface area contributed by atoms with Crippen LogP contribution < -0.4 is 0 Å². The number of nitrogens with zero attached hydrogens (tertiary/aromatic N) is 4. The molecular formula is C11H14N4O2. The third-order valence-electron chi connectivity index (χ3n) is 2.39. The molecule has 0 aliphatic rings. The molecule has 0 N–H and O–H groups in total. The number of hydrogen-bond donors (Lipinski definition) is 0. The van der Waals surface area contributed by atoms with Gasteiger partial charge in [0.05, 0.1) is 19.1 Å². The molecule has 0 saturated carbocycles. The largest absolute Gasteiger partial charge is 0.466 e. The van der Waals surface area contributed by atoms with E-state index in [1.807, 2.05) is 4.57 Å². The number of rotatable bonds is 5. The highest BCUT2D eigenvalue weighted by molar-refractivity contribution is 5.70. The molecule has 2 aromatic rings. The molecule has 2 heterocycles. The Morgan fingerprint density at radius 3 is 3.18 bits per heavy atom. The maximum Gasteiger partial charge on any atom is 0.305 e. The fourth-order valence-electron chi connectivity index (χ4n) is 1.61. The van der Waals surface area contributed by atoms with Crippen molar-refractivity contribution in [3.05, 3.63) is 18.9 Å².